The normalized spacial score (nSPS) is 13.0. The van der Waals surface area contributed by atoms with Crippen LogP contribution in [0.4, 0.5) is 42.5 Å². The number of nitrogens with one attached hydrogen (secondary N) is 4. The summed E-state index contributed by atoms with van der Waals surface area (Å²) in [5.74, 6) is -3.12. The Bertz CT molecular complexity index is 4550. The van der Waals surface area contributed by atoms with Crippen LogP contribution in [0.15, 0.2) is 189 Å². The molecule has 0 spiro atoms. The van der Waals surface area contributed by atoms with Crippen molar-refractivity contribution in [3.63, 3.8) is 0 Å². The Morgan fingerprint density at radius 2 is 0.951 bits per heavy atom. The van der Waals surface area contributed by atoms with E-state index < -0.39 is 29.1 Å². The Morgan fingerprint density at radius 1 is 0.544 bits per heavy atom. The van der Waals surface area contributed by atoms with Crippen molar-refractivity contribution >= 4 is 101 Å². The molecule has 0 aliphatic heterocycles. The minimum atomic E-state index is -5.53. The fourth-order valence-electron chi connectivity index (χ4n) is 10.3. The number of hydrogen-bond donors (Lipinski definition) is 6. The van der Waals surface area contributed by atoms with Crippen molar-refractivity contribution in [2.45, 2.75) is 79.3 Å². The van der Waals surface area contributed by atoms with Gasteiger partial charge in [0.25, 0.3) is 0 Å². The molecule has 0 unspecified atom stereocenters. The number of nitrogens with zero attached hydrogens (tertiary/aromatic N) is 3. The number of aromatic carboxylic acids is 1. The van der Waals surface area contributed by atoms with Gasteiger partial charge >= 0.3 is 17.4 Å². The van der Waals surface area contributed by atoms with Crippen molar-refractivity contribution in [3.05, 3.63) is 266 Å². The number of H-pyrrole nitrogens is 2. The molecular formula is C75H77F10IN7O9S+. The number of aliphatic hydroxyl groups excluding tert-OH is 1. The maximum absolute atomic E-state index is 13.9. The lowest BCUT2D eigenvalue weighted by atomic mass is 9.91. The molecule has 0 amide bonds. The van der Waals surface area contributed by atoms with Crippen LogP contribution in [-0.4, -0.2) is 93.0 Å². The Balaban J connectivity index is 0.000000216. The number of pyridine rings is 1. The molecule has 1 saturated carbocycles. The molecule has 7 aromatic carbocycles. The maximum atomic E-state index is 13.9. The highest BCUT2D eigenvalue weighted by atomic mass is 127. The van der Waals surface area contributed by atoms with Crippen molar-refractivity contribution in [2.24, 2.45) is 0 Å². The zero-order valence-corrected chi connectivity index (χ0v) is 60.5. The van der Waals surface area contributed by atoms with Gasteiger partial charge in [-0.2, -0.15) is 0 Å². The number of fused-ring (bicyclic) bond motifs is 4. The lowest BCUT2D eigenvalue weighted by Gasteiger charge is -2.30. The third kappa shape index (κ3) is 25.7. The number of aryl methyl sites for hydroxylation is 3. The number of carbonyl (C=O) groups excluding carboxylic acids is 3. The predicted molar refractivity (Wildman–Crippen MR) is 389 cm³/mol. The zero-order chi connectivity index (χ0) is 76.3. The molecule has 5 aromatic heterocycles. The molecule has 0 bridgehead atoms. The highest BCUT2D eigenvalue weighted by Gasteiger charge is 2.24. The van der Waals surface area contributed by atoms with E-state index in [0.29, 0.717) is 83.5 Å². The molecule has 16 nitrogen and oxygen atoms in total. The van der Waals surface area contributed by atoms with Crippen LogP contribution in [0.3, 0.4) is 0 Å². The van der Waals surface area contributed by atoms with Crippen LogP contribution < -0.4 is 15.4 Å². The summed E-state index contributed by atoms with van der Waals surface area (Å²) >= 11 is -3.40. The van der Waals surface area contributed by atoms with Gasteiger partial charge in [-0.3, -0.25) is 14.4 Å². The van der Waals surface area contributed by atoms with Gasteiger partial charge in [0.2, 0.25) is 11.4 Å². The van der Waals surface area contributed by atoms with Crippen molar-refractivity contribution in [1.29, 1.82) is 0 Å². The summed E-state index contributed by atoms with van der Waals surface area (Å²) in [7, 11) is 6.02. The van der Waals surface area contributed by atoms with Crippen LogP contribution in [0, 0.1) is 59.2 Å². The lowest BCUT2D eigenvalue weighted by Crippen LogP contribution is -2.47. The molecule has 548 valence electrons. The molecule has 1 fully saturated rings. The van der Waals surface area contributed by atoms with E-state index in [0.717, 1.165) is 39.8 Å². The van der Waals surface area contributed by atoms with Gasteiger partial charge in [0.1, 0.15) is 34.9 Å². The van der Waals surface area contributed by atoms with Gasteiger partial charge in [-0.15, -0.1) is 0 Å². The number of carboxylic acids is 1. The topological polar surface area (TPSA) is 206 Å². The number of benzene rings is 7. The van der Waals surface area contributed by atoms with Crippen molar-refractivity contribution in [1.82, 2.24) is 29.7 Å². The number of Topliss-reactive ketones (excluding diaryl/α,β-unsaturated/α-hetero) is 3. The Morgan fingerprint density at radius 3 is 1.36 bits per heavy atom. The molecule has 1 aliphatic rings. The molecule has 103 heavy (non-hydrogen) atoms. The SMILES string of the molecule is CC(=O)c1ccc2c(F)c[nH]c2c1.CC(=O)c1ccc2c(F)cn(-c3ccc(F)cc3)c2c1.CC(=O)c1ccc2cc[nH]c2c1.CN[C@H]1CCCC[C@H]1NC.CO.COOOS(F)(F)F.Cc1cc(C)[n+](F)c(C)c1.Fc1ccc(I)cc1.O=C(O)c1ccc2c(F)cn(-c3ccc(F)cc3)c2c1. The molecule has 12 aromatic rings. The van der Waals surface area contributed by atoms with E-state index in [-0.39, 0.29) is 46.2 Å². The van der Waals surface area contributed by atoms with Gasteiger partial charge in [0.15, 0.2) is 17.3 Å². The van der Waals surface area contributed by atoms with E-state index in [1.165, 1.54) is 129 Å². The van der Waals surface area contributed by atoms with Crippen molar-refractivity contribution in [2.75, 3.05) is 28.3 Å². The van der Waals surface area contributed by atoms with Gasteiger partial charge in [-0.1, -0.05) is 58.1 Å². The van der Waals surface area contributed by atoms with E-state index >= 15 is 0 Å². The summed E-state index contributed by atoms with van der Waals surface area (Å²) in [6.07, 6.45) is 11.2. The first kappa shape index (κ1) is 84.1. The van der Waals surface area contributed by atoms with Crippen LogP contribution >= 0.6 is 34.1 Å². The third-order valence-corrected chi connectivity index (χ3v) is 16.3. The van der Waals surface area contributed by atoms with E-state index in [1.54, 1.807) is 86.0 Å². The highest BCUT2D eigenvalue weighted by molar-refractivity contribution is 14.1. The van der Waals surface area contributed by atoms with E-state index in [9.17, 15) is 61.7 Å². The third-order valence-electron chi connectivity index (χ3n) is 15.4. The van der Waals surface area contributed by atoms with E-state index in [4.69, 9.17) is 10.2 Å². The number of ketones is 3. The number of aromatic nitrogens is 5. The van der Waals surface area contributed by atoms with Crippen molar-refractivity contribution < 1.29 is 90.9 Å². The average molecular weight is 1570 g/mol. The Hall–Kier alpha value is -9.53. The molecule has 13 rings (SSSR count). The lowest BCUT2D eigenvalue weighted by molar-refractivity contribution is -0.852. The molecular weight excluding hydrogens is 1490 g/mol. The number of rotatable bonds is 11. The molecule has 28 heteroatoms. The van der Waals surface area contributed by atoms with Gasteiger partial charge in [-0.25, -0.2) is 36.0 Å². The minimum absolute atomic E-state index is 0.0168. The number of aliphatic hydroxyl groups is 1. The minimum Gasteiger partial charge on any atom is -0.478 e. The van der Waals surface area contributed by atoms with Crippen LogP contribution in [-0.2, 0) is 14.3 Å². The molecule has 0 radical (unpaired) electrons. The van der Waals surface area contributed by atoms with E-state index in [1.807, 2.05) is 49.5 Å². The quantitative estimate of drug-likeness (QED) is 0.0236. The first-order valence-electron chi connectivity index (χ1n) is 31.3. The number of aromatic amines is 2. The van der Waals surface area contributed by atoms with Gasteiger partial charge in [0.05, 0.1) is 28.2 Å². The summed E-state index contributed by atoms with van der Waals surface area (Å²) in [6.45, 7) is 9.98. The molecule has 5 heterocycles. The standard InChI is InChI=1S/C16H11F2NO.C15H9F2NO2.C10H8FNO.C10H9NO.C8H11FN.C8H18N2.C6H4FI.CH3F3O3S.CH4O/c1-10(20)11-2-7-14-15(18)9-19(16(14)8-11)13-5-3-12(17)4-6-13;16-10-2-4-11(5-3-10)18-8-13(17)12-6-1-9(15(19)20)7-14(12)18;1-6(13)7-2-3-8-9(11)5-12-10(8)4-7;1-7(12)9-3-2-8-4-5-11-10(8)6-9;1-6-4-7(2)10(9)8(3)5-6;1-9-7-5-3-4-6-8(7)10-2;7-5-1-3-6(8)4-2-5;1-5-6-7-8(2,3)4;1-2/h2-9H,1H3;1-8H,(H,19,20);2-5,12H,1H3;2-6,11H,1H3;4-5H,1-3H3;7-10H,3-6H2,1-2H3;1-4H;1H3;2H,1H3/q;;;;+1;;;;/t;;;;;7-,8+;;;. The molecule has 2 atom stereocenters. The Labute approximate surface area is 603 Å². The number of carboxylic acid groups (broad SMARTS) is 1. The van der Waals surface area contributed by atoms with Crippen LogP contribution in [0.2, 0.25) is 0 Å². The van der Waals surface area contributed by atoms with Gasteiger partial charge in [0, 0.05) is 134 Å². The fourth-order valence-corrected chi connectivity index (χ4v) is 10.8. The second-order valence-electron chi connectivity index (χ2n) is 22.5. The summed E-state index contributed by atoms with van der Waals surface area (Å²) in [5, 5.41) is 28.2. The van der Waals surface area contributed by atoms with E-state index in [2.05, 4.69) is 71.5 Å². The smallest absolute Gasteiger partial charge is 0.370 e. The summed E-state index contributed by atoms with van der Waals surface area (Å²) in [4.78, 5) is 54.4. The number of hydrogen-bond acceptors (Lipinski definition) is 10. The number of carbonyl (C=O) groups is 4. The zero-order valence-electron chi connectivity index (χ0n) is 57.5. The van der Waals surface area contributed by atoms with Crippen LogP contribution in [0.5, 0.6) is 0 Å². The first-order valence-corrected chi connectivity index (χ1v) is 33.7. The predicted octanol–water partition coefficient (Wildman–Crippen LogP) is 18.9. The second-order valence-corrected chi connectivity index (χ2v) is 24.6. The molecule has 6 N–H and O–H groups in total. The Kier molecular flexibility index (Phi) is 33.4. The second kappa shape index (κ2) is 40.9. The van der Waals surface area contributed by atoms with Gasteiger partial charge in [-0.05, 0) is 216 Å². The summed E-state index contributed by atoms with van der Waals surface area (Å²) in [6, 6.07) is 44.2. The van der Waals surface area contributed by atoms with Crippen LogP contribution in [0.25, 0.3) is 55.0 Å². The first-order chi connectivity index (χ1) is 48.9. The van der Waals surface area contributed by atoms with Crippen molar-refractivity contribution in [3.8, 4) is 11.4 Å². The average Bonchev–Trinajstić information content (AvgIpc) is 1.65. The molecule has 0 saturated heterocycles. The van der Waals surface area contributed by atoms with Gasteiger partial charge < -0.3 is 39.9 Å². The highest BCUT2D eigenvalue weighted by Crippen LogP contribution is 2.54. The number of halogens is 11. The largest absolute Gasteiger partial charge is 0.478 e. The molecule has 1 aliphatic carbocycles. The van der Waals surface area contributed by atoms with Crippen LogP contribution in [0.1, 0.15) is 105 Å². The summed E-state index contributed by atoms with van der Waals surface area (Å²) in [5.41, 5.74) is 8.21. The maximum Gasteiger partial charge on any atom is 0.370 e. The number of likely N-dealkylation sites (N-methyl/N-ethyl adjacent to an activating group) is 2. The summed E-state index contributed by atoms with van der Waals surface area (Å²) < 4.78 is 131. The monoisotopic (exact) mass is 1570 g/mol. The fraction of sp³-hybridized carbons (Fsp3) is 0.213.